The third-order valence-corrected chi connectivity index (χ3v) is 4.22. The number of benzene rings is 2. The molecule has 4 nitrogen and oxygen atoms in total. The molecule has 0 saturated carbocycles. The summed E-state index contributed by atoms with van der Waals surface area (Å²) in [5, 5.41) is 3.91. The van der Waals surface area contributed by atoms with Gasteiger partial charge in [0.25, 0.3) is 5.91 Å². The SMILES string of the molecule is O=C(Nc1ccc2c(ccn2Cc2ccc(F)cc2)c1)c1cccnc1. The van der Waals surface area contributed by atoms with Crippen molar-refractivity contribution >= 4 is 22.5 Å². The van der Waals surface area contributed by atoms with Crippen LogP contribution < -0.4 is 5.32 Å². The van der Waals surface area contributed by atoms with Crippen LogP contribution in [0.4, 0.5) is 10.1 Å². The van der Waals surface area contributed by atoms with Gasteiger partial charge in [-0.15, -0.1) is 0 Å². The van der Waals surface area contributed by atoms with Gasteiger partial charge in [-0.05, 0) is 54.1 Å². The van der Waals surface area contributed by atoms with Crippen molar-refractivity contribution in [3.8, 4) is 0 Å². The van der Waals surface area contributed by atoms with Crippen LogP contribution in [0, 0.1) is 5.82 Å². The first-order valence-corrected chi connectivity index (χ1v) is 8.24. The summed E-state index contributed by atoms with van der Waals surface area (Å²) in [7, 11) is 0. The van der Waals surface area contributed by atoms with Crippen LogP contribution in [0.5, 0.6) is 0 Å². The zero-order valence-corrected chi connectivity index (χ0v) is 13.9. The Hall–Kier alpha value is -3.47. The van der Waals surface area contributed by atoms with E-state index in [-0.39, 0.29) is 11.7 Å². The Balaban J connectivity index is 1.55. The van der Waals surface area contributed by atoms with Crippen molar-refractivity contribution in [1.29, 1.82) is 0 Å². The van der Waals surface area contributed by atoms with E-state index in [1.165, 1.54) is 18.3 Å². The summed E-state index contributed by atoms with van der Waals surface area (Å²) in [5.41, 5.74) is 3.32. The maximum Gasteiger partial charge on any atom is 0.257 e. The summed E-state index contributed by atoms with van der Waals surface area (Å²) in [6.45, 7) is 0.658. The van der Waals surface area contributed by atoms with Gasteiger partial charge < -0.3 is 9.88 Å². The quantitative estimate of drug-likeness (QED) is 0.593. The number of carbonyl (C=O) groups is 1. The molecule has 26 heavy (non-hydrogen) atoms. The minimum absolute atomic E-state index is 0.191. The molecule has 0 aliphatic carbocycles. The molecule has 0 atom stereocenters. The maximum atomic E-state index is 13.0. The Bertz CT molecular complexity index is 1060. The summed E-state index contributed by atoms with van der Waals surface area (Å²) >= 11 is 0. The van der Waals surface area contributed by atoms with E-state index < -0.39 is 0 Å². The van der Waals surface area contributed by atoms with Gasteiger partial charge in [0.15, 0.2) is 0 Å². The number of amides is 1. The molecule has 0 saturated heterocycles. The molecule has 0 bridgehead atoms. The first-order chi connectivity index (χ1) is 12.7. The van der Waals surface area contributed by atoms with Gasteiger partial charge >= 0.3 is 0 Å². The van der Waals surface area contributed by atoms with Crippen molar-refractivity contribution in [2.24, 2.45) is 0 Å². The summed E-state index contributed by atoms with van der Waals surface area (Å²) in [4.78, 5) is 16.2. The number of pyridine rings is 1. The molecule has 2 aromatic carbocycles. The van der Waals surface area contributed by atoms with Crippen LogP contribution in [0.25, 0.3) is 10.9 Å². The van der Waals surface area contributed by atoms with E-state index in [9.17, 15) is 9.18 Å². The molecule has 4 rings (SSSR count). The van der Waals surface area contributed by atoms with Gasteiger partial charge in [0, 0.05) is 41.7 Å². The molecule has 0 spiro atoms. The van der Waals surface area contributed by atoms with Crippen LogP contribution in [0.2, 0.25) is 0 Å². The van der Waals surface area contributed by atoms with Gasteiger partial charge in [-0.2, -0.15) is 0 Å². The lowest BCUT2D eigenvalue weighted by Gasteiger charge is -2.08. The van der Waals surface area contributed by atoms with E-state index >= 15 is 0 Å². The Morgan fingerprint density at radius 3 is 2.69 bits per heavy atom. The molecule has 1 amide bonds. The van der Waals surface area contributed by atoms with Gasteiger partial charge in [0.05, 0.1) is 5.56 Å². The van der Waals surface area contributed by atoms with Gasteiger partial charge in [0.2, 0.25) is 0 Å². The lowest BCUT2D eigenvalue weighted by Crippen LogP contribution is -2.11. The van der Waals surface area contributed by atoms with E-state index in [0.29, 0.717) is 12.1 Å². The number of anilines is 1. The van der Waals surface area contributed by atoms with E-state index in [2.05, 4.69) is 14.9 Å². The maximum absolute atomic E-state index is 13.0. The number of rotatable bonds is 4. The number of aromatic nitrogens is 2. The molecular formula is C21H16FN3O. The Morgan fingerprint density at radius 1 is 1.08 bits per heavy atom. The molecule has 0 aliphatic rings. The molecule has 128 valence electrons. The number of nitrogens with zero attached hydrogens (tertiary/aromatic N) is 2. The molecule has 0 aliphatic heterocycles. The summed E-state index contributed by atoms with van der Waals surface area (Å²) in [6.07, 6.45) is 5.15. The number of hydrogen-bond acceptors (Lipinski definition) is 2. The minimum atomic E-state index is -0.236. The second-order valence-corrected chi connectivity index (χ2v) is 6.04. The minimum Gasteiger partial charge on any atom is -0.343 e. The third kappa shape index (κ3) is 3.32. The molecule has 0 unspecified atom stereocenters. The van der Waals surface area contributed by atoms with Gasteiger partial charge in [-0.1, -0.05) is 12.1 Å². The van der Waals surface area contributed by atoms with E-state index in [1.54, 1.807) is 30.5 Å². The highest BCUT2D eigenvalue weighted by Crippen LogP contribution is 2.22. The van der Waals surface area contributed by atoms with Crippen molar-refractivity contribution in [1.82, 2.24) is 9.55 Å². The molecule has 2 heterocycles. The second-order valence-electron chi connectivity index (χ2n) is 6.04. The highest BCUT2D eigenvalue weighted by atomic mass is 19.1. The summed E-state index contributed by atoms with van der Waals surface area (Å²) < 4.78 is 15.1. The Morgan fingerprint density at radius 2 is 1.92 bits per heavy atom. The monoisotopic (exact) mass is 345 g/mol. The summed E-state index contributed by atoms with van der Waals surface area (Å²) in [5.74, 6) is -0.427. The predicted molar refractivity (Wildman–Crippen MR) is 99.6 cm³/mol. The molecule has 0 fully saturated rings. The molecule has 1 N–H and O–H groups in total. The van der Waals surface area contributed by atoms with Crippen LogP contribution in [0.3, 0.4) is 0 Å². The van der Waals surface area contributed by atoms with Crippen LogP contribution in [0.1, 0.15) is 15.9 Å². The number of fused-ring (bicyclic) bond motifs is 1. The average molecular weight is 345 g/mol. The third-order valence-electron chi connectivity index (χ3n) is 4.22. The standard InChI is InChI=1S/C21H16FN3O/c22-18-5-3-15(4-6-18)14-25-11-9-16-12-19(7-8-20(16)25)24-21(26)17-2-1-10-23-13-17/h1-13H,14H2,(H,24,26). The topological polar surface area (TPSA) is 46.9 Å². The van der Waals surface area contributed by atoms with Crippen LogP contribution in [-0.2, 0) is 6.54 Å². The van der Waals surface area contributed by atoms with Crippen molar-refractivity contribution in [2.45, 2.75) is 6.54 Å². The highest BCUT2D eigenvalue weighted by Gasteiger charge is 2.08. The second kappa shape index (κ2) is 6.80. The fourth-order valence-corrected chi connectivity index (χ4v) is 2.90. The van der Waals surface area contributed by atoms with Crippen molar-refractivity contribution in [3.63, 3.8) is 0 Å². The van der Waals surface area contributed by atoms with E-state index in [0.717, 1.165) is 22.2 Å². The fourth-order valence-electron chi connectivity index (χ4n) is 2.90. The summed E-state index contributed by atoms with van der Waals surface area (Å²) in [6, 6.07) is 17.7. The Kier molecular flexibility index (Phi) is 4.19. The number of halogens is 1. The first-order valence-electron chi connectivity index (χ1n) is 8.24. The number of carbonyl (C=O) groups excluding carboxylic acids is 1. The van der Waals surface area contributed by atoms with Crippen LogP contribution >= 0.6 is 0 Å². The zero-order chi connectivity index (χ0) is 17.9. The number of nitrogens with one attached hydrogen (secondary N) is 1. The van der Waals surface area contributed by atoms with Crippen LogP contribution in [0.15, 0.2) is 79.3 Å². The average Bonchev–Trinajstić information content (AvgIpc) is 3.06. The lowest BCUT2D eigenvalue weighted by molar-refractivity contribution is 0.102. The van der Waals surface area contributed by atoms with Gasteiger partial charge in [0.1, 0.15) is 5.82 Å². The van der Waals surface area contributed by atoms with Crippen molar-refractivity contribution in [3.05, 3.63) is 96.2 Å². The first kappa shape index (κ1) is 16.0. The van der Waals surface area contributed by atoms with Crippen LogP contribution in [-0.4, -0.2) is 15.5 Å². The normalized spacial score (nSPS) is 10.8. The zero-order valence-electron chi connectivity index (χ0n) is 13.9. The van der Waals surface area contributed by atoms with Gasteiger partial charge in [-0.25, -0.2) is 4.39 Å². The van der Waals surface area contributed by atoms with E-state index in [4.69, 9.17) is 0 Å². The predicted octanol–water partition coefficient (Wildman–Crippen LogP) is 4.48. The van der Waals surface area contributed by atoms with Gasteiger partial charge in [-0.3, -0.25) is 9.78 Å². The van der Waals surface area contributed by atoms with Crippen molar-refractivity contribution in [2.75, 3.05) is 5.32 Å². The lowest BCUT2D eigenvalue weighted by atomic mass is 10.2. The number of hydrogen-bond donors (Lipinski definition) is 1. The highest BCUT2D eigenvalue weighted by molar-refractivity contribution is 6.04. The molecule has 2 aromatic heterocycles. The molecule has 5 heteroatoms. The molecular weight excluding hydrogens is 329 g/mol. The molecule has 0 radical (unpaired) electrons. The molecule has 4 aromatic rings. The Labute approximate surface area is 149 Å². The van der Waals surface area contributed by atoms with Crippen molar-refractivity contribution < 1.29 is 9.18 Å². The largest absolute Gasteiger partial charge is 0.343 e. The fraction of sp³-hybridized carbons (Fsp3) is 0.0476. The smallest absolute Gasteiger partial charge is 0.257 e. The van der Waals surface area contributed by atoms with E-state index in [1.807, 2.05) is 30.5 Å².